The third-order valence-corrected chi connectivity index (χ3v) is 3.03. The van der Waals surface area contributed by atoms with Crippen molar-refractivity contribution < 1.29 is 4.39 Å². The Labute approximate surface area is 88.3 Å². The van der Waals surface area contributed by atoms with Gasteiger partial charge in [-0.05, 0) is 49.6 Å². The first kappa shape index (κ1) is 9.94. The number of hydrogen-bond donors (Lipinski definition) is 1. The Morgan fingerprint density at radius 3 is 2.93 bits per heavy atom. The highest BCUT2D eigenvalue weighted by Crippen LogP contribution is 2.29. The Balaban J connectivity index is 2.37. The van der Waals surface area contributed by atoms with Gasteiger partial charge in [0.2, 0.25) is 0 Å². The molecule has 1 saturated heterocycles. The molecule has 0 aliphatic carbocycles. The number of aryl methyl sites for hydroxylation is 1. The fourth-order valence-corrected chi connectivity index (χ4v) is 2.16. The molecule has 1 aliphatic heterocycles. The molecule has 1 N–H and O–H groups in total. The van der Waals surface area contributed by atoms with Crippen LogP contribution in [0.25, 0.3) is 0 Å². The summed E-state index contributed by atoms with van der Waals surface area (Å²) >= 11 is 5.76. The van der Waals surface area contributed by atoms with Crippen LogP contribution >= 0.6 is 11.6 Å². The lowest BCUT2D eigenvalue weighted by Gasteiger charge is -2.14. The van der Waals surface area contributed by atoms with Crippen molar-refractivity contribution in [3.05, 3.63) is 34.1 Å². The van der Waals surface area contributed by atoms with E-state index in [9.17, 15) is 4.39 Å². The Bertz CT molecular complexity index is 345. The summed E-state index contributed by atoms with van der Waals surface area (Å²) < 4.78 is 13.1. The summed E-state index contributed by atoms with van der Waals surface area (Å²) in [5, 5.41) is 3.60. The molecule has 1 heterocycles. The van der Waals surface area contributed by atoms with E-state index in [-0.39, 0.29) is 10.8 Å². The first-order valence-corrected chi connectivity index (χ1v) is 5.25. The van der Waals surface area contributed by atoms with Gasteiger partial charge in [-0.15, -0.1) is 0 Å². The van der Waals surface area contributed by atoms with E-state index < -0.39 is 0 Å². The summed E-state index contributed by atoms with van der Waals surface area (Å²) in [6.45, 7) is 2.97. The Morgan fingerprint density at radius 2 is 2.29 bits per heavy atom. The van der Waals surface area contributed by atoms with E-state index in [0.717, 1.165) is 24.1 Å². The number of hydrogen-bond acceptors (Lipinski definition) is 1. The monoisotopic (exact) mass is 213 g/mol. The van der Waals surface area contributed by atoms with Crippen LogP contribution < -0.4 is 5.32 Å². The molecule has 1 fully saturated rings. The number of nitrogens with one attached hydrogen (secondary N) is 1. The molecule has 0 amide bonds. The van der Waals surface area contributed by atoms with Crippen molar-refractivity contribution in [3.63, 3.8) is 0 Å². The smallest absolute Gasteiger partial charge is 0.142 e. The molecule has 1 aromatic rings. The molecule has 3 heteroatoms. The lowest BCUT2D eigenvalue weighted by molar-refractivity contribution is 0.614. The molecular formula is C11H13ClFN. The molecule has 1 nitrogen and oxygen atoms in total. The highest BCUT2D eigenvalue weighted by Gasteiger charge is 2.19. The summed E-state index contributed by atoms with van der Waals surface area (Å²) in [7, 11) is 0. The highest BCUT2D eigenvalue weighted by molar-refractivity contribution is 6.30. The molecule has 14 heavy (non-hydrogen) atoms. The lowest BCUT2D eigenvalue weighted by Crippen LogP contribution is -2.14. The Kier molecular flexibility index (Phi) is 2.75. The predicted molar refractivity (Wildman–Crippen MR) is 56.1 cm³/mol. The van der Waals surface area contributed by atoms with Crippen LogP contribution in [0.5, 0.6) is 0 Å². The first-order valence-electron chi connectivity index (χ1n) is 4.87. The van der Waals surface area contributed by atoms with Gasteiger partial charge in [0.1, 0.15) is 5.82 Å². The maximum atomic E-state index is 13.1. The molecule has 1 aliphatic rings. The van der Waals surface area contributed by atoms with Gasteiger partial charge in [0.15, 0.2) is 0 Å². The van der Waals surface area contributed by atoms with E-state index in [2.05, 4.69) is 5.32 Å². The van der Waals surface area contributed by atoms with E-state index in [1.54, 1.807) is 6.07 Å². The van der Waals surface area contributed by atoms with Gasteiger partial charge in [0.25, 0.3) is 0 Å². The van der Waals surface area contributed by atoms with Crippen LogP contribution in [0.15, 0.2) is 12.1 Å². The second-order valence-corrected chi connectivity index (χ2v) is 4.18. The standard InChI is InChI=1S/C11H13ClFN/c1-7-5-10(13)9(12)6-8(7)11-3-2-4-14-11/h5-6,11,14H,2-4H2,1H3. The molecule has 1 atom stereocenters. The largest absolute Gasteiger partial charge is 0.310 e. The van der Waals surface area contributed by atoms with Crippen LogP contribution in [0.4, 0.5) is 4.39 Å². The molecule has 0 aromatic heterocycles. The first-order chi connectivity index (χ1) is 6.68. The van der Waals surface area contributed by atoms with E-state index in [1.165, 1.54) is 12.5 Å². The van der Waals surface area contributed by atoms with Gasteiger partial charge in [-0.2, -0.15) is 0 Å². The van der Waals surface area contributed by atoms with E-state index >= 15 is 0 Å². The Morgan fingerprint density at radius 1 is 1.50 bits per heavy atom. The Hall–Kier alpha value is -0.600. The van der Waals surface area contributed by atoms with Crippen molar-refractivity contribution in [1.82, 2.24) is 5.32 Å². The molecule has 0 saturated carbocycles. The fraction of sp³-hybridized carbons (Fsp3) is 0.455. The minimum Gasteiger partial charge on any atom is -0.310 e. The second-order valence-electron chi connectivity index (χ2n) is 3.77. The highest BCUT2D eigenvalue weighted by atomic mass is 35.5. The molecular weight excluding hydrogens is 201 g/mol. The van der Waals surface area contributed by atoms with Gasteiger partial charge in [-0.25, -0.2) is 4.39 Å². The summed E-state index contributed by atoms with van der Waals surface area (Å²) in [5.41, 5.74) is 2.11. The summed E-state index contributed by atoms with van der Waals surface area (Å²) in [5.74, 6) is -0.328. The van der Waals surface area contributed by atoms with Crippen LogP contribution in [0, 0.1) is 12.7 Å². The molecule has 76 valence electrons. The SMILES string of the molecule is Cc1cc(F)c(Cl)cc1C1CCCN1. The molecule has 0 bridgehead atoms. The minimum atomic E-state index is -0.328. The average Bonchev–Trinajstić information content (AvgIpc) is 2.64. The average molecular weight is 214 g/mol. The van der Waals surface area contributed by atoms with Gasteiger partial charge < -0.3 is 5.32 Å². The number of halogens is 2. The van der Waals surface area contributed by atoms with Crippen LogP contribution in [-0.4, -0.2) is 6.54 Å². The van der Waals surface area contributed by atoms with Crippen LogP contribution in [0.1, 0.15) is 30.0 Å². The van der Waals surface area contributed by atoms with Gasteiger partial charge in [0, 0.05) is 6.04 Å². The van der Waals surface area contributed by atoms with Crippen LogP contribution in [-0.2, 0) is 0 Å². The maximum absolute atomic E-state index is 13.1. The van der Waals surface area contributed by atoms with E-state index in [4.69, 9.17) is 11.6 Å². The fourth-order valence-electron chi connectivity index (χ4n) is 1.99. The van der Waals surface area contributed by atoms with Crippen molar-refractivity contribution in [1.29, 1.82) is 0 Å². The quantitative estimate of drug-likeness (QED) is 0.756. The van der Waals surface area contributed by atoms with Crippen molar-refractivity contribution >= 4 is 11.6 Å². The van der Waals surface area contributed by atoms with Gasteiger partial charge in [0.05, 0.1) is 5.02 Å². The second kappa shape index (κ2) is 3.87. The topological polar surface area (TPSA) is 12.0 Å². The van der Waals surface area contributed by atoms with Crippen molar-refractivity contribution in [2.45, 2.75) is 25.8 Å². The lowest BCUT2D eigenvalue weighted by atomic mass is 10.00. The third kappa shape index (κ3) is 1.77. The van der Waals surface area contributed by atoms with E-state index in [1.807, 2.05) is 6.92 Å². The molecule has 0 spiro atoms. The molecule has 1 unspecified atom stereocenters. The van der Waals surface area contributed by atoms with E-state index in [0.29, 0.717) is 6.04 Å². The molecule has 1 aromatic carbocycles. The van der Waals surface area contributed by atoms with Crippen LogP contribution in [0.3, 0.4) is 0 Å². The van der Waals surface area contributed by atoms with Gasteiger partial charge >= 0.3 is 0 Å². The zero-order valence-electron chi connectivity index (χ0n) is 8.11. The third-order valence-electron chi connectivity index (χ3n) is 2.74. The zero-order chi connectivity index (χ0) is 10.1. The molecule has 2 rings (SSSR count). The maximum Gasteiger partial charge on any atom is 0.142 e. The van der Waals surface area contributed by atoms with Crippen molar-refractivity contribution in [3.8, 4) is 0 Å². The number of benzene rings is 1. The number of rotatable bonds is 1. The van der Waals surface area contributed by atoms with Crippen molar-refractivity contribution in [2.75, 3.05) is 6.54 Å². The summed E-state index contributed by atoms with van der Waals surface area (Å²) in [4.78, 5) is 0. The molecule has 0 radical (unpaired) electrons. The zero-order valence-corrected chi connectivity index (χ0v) is 8.87. The van der Waals surface area contributed by atoms with Crippen molar-refractivity contribution in [2.24, 2.45) is 0 Å². The van der Waals surface area contributed by atoms with Gasteiger partial charge in [-0.1, -0.05) is 11.6 Å². The summed E-state index contributed by atoms with van der Waals surface area (Å²) in [6, 6.07) is 3.61. The van der Waals surface area contributed by atoms with Gasteiger partial charge in [-0.3, -0.25) is 0 Å². The van der Waals surface area contributed by atoms with Crippen LogP contribution in [0.2, 0.25) is 5.02 Å². The summed E-state index contributed by atoms with van der Waals surface area (Å²) in [6.07, 6.45) is 2.29. The minimum absolute atomic E-state index is 0.222. The predicted octanol–water partition coefficient (Wildman–Crippen LogP) is 3.21. The normalized spacial score (nSPS) is 21.5.